The number of anilines is 1. The Morgan fingerprint density at radius 2 is 1.79 bits per heavy atom. The molecule has 1 heterocycles. The van der Waals surface area contributed by atoms with Gasteiger partial charge in [-0.15, -0.1) is 0 Å². The monoisotopic (exact) mass is 451 g/mol. The van der Waals surface area contributed by atoms with Crippen molar-refractivity contribution in [1.82, 2.24) is 0 Å². The Bertz CT molecular complexity index is 1030. The van der Waals surface area contributed by atoms with Gasteiger partial charge in [0.2, 0.25) is 5.91 Å². The molecule has 0 bridgehead atoms. The maximum atomic E-state index is 13.1. The molecule has 142 valence electrons. The van der Waals surface area contributed by atoms with Crippen molar-refractivity contribution in [1.29, 1.82) is 5.26 Å². The van der Waals surface area contributed by atoms with E-state index in [1.165, 1.54) is 4.90 Å². The summed E-state index contributed by atoms with van der Waals surface area (Å²) in [6.07, 6.45) is 0.296. The van der Waals surface area contributed by atoms with Gasteiger partial charge in [-0.25, -0.2) is 0 Å². The van der Waals surface area contributed by atoms with E-state index in [0.29, 0.717) is 27.2 Å². The van der Waals surface area contributed by atoms with Crippen LogP contribution < -0.4 is 10.6 Å². The van der Waals surface area contributed by atoms with Gasteiger partial charge in [-0.2, -0.15) is 5.26 Å². The van der Waals surface area contributed by atoms with Crippen LogP contribution in [-0.2, 0) is 16.0 Å². The zero-order valence-corrected chi connectivity index (χ0v) is 17.2. The zero-order chi connectivity index (χ0) is 20.4. The molecule has 2 aromatic carbocycles. The Morgan fingerprint density at radius 3 is 2.36 bits per heavy atom. The molecule has 28 heavy (non-hydrogen) atoms. The van der Waals surface area contributed by atoms with Gasteiger partial charge in [-0.1, -0.05) is 52.6 Å². The van der Waals surface area contributed by atoms with Crippen molar-refractivity contribution < 1.29 is 9.59 Å². The van der Waals surface area contributed by atoms with Crippen molar-refractivity contribution in [3.63, 3.8) is 0 Å². The third-order valence-corrected chi connectivity index (χ3v) is 6.13. The molecular weight excluding hydrogens is 441 g/mol. The SMILES string of the molecule is N#C/C(C(N)=O)=C1\S[C@@H](Cc2ccc(Cl)cc2Cl)C(=O)N1c1ccc(Cl)cc1. The average molecular weight is 453 g/mol. The Balaban J connectivity index is 2.04. The molecule has 0 unspecified atom stereocenters. The van der Waals surface area contributed by atoms with Crippen molar-refractivity contribution >= 4 is 64.1 Å². The third kappa shape index (κ3) is 4.13. The van der Waals surface area contributed by atoms with Crippen LogP contribution in [0.2, 0.25) is 15.1 Å². The first-order valence-corrected chi connectivity index (χ1v) is 9.97. The van der Waals surface area contributed by atoms with Gasteiger partial charge in [0, 0.05) is 20.8 Å². The molecule has 5 nitrogen and oxygen atoms in total. The maximum absolute atomic E-state index is 13.1. The smallest absolute Gasteiger partial charge is 0.262 e. The van der Waals surface area contributed by atoms with Crippen LogP contribution in [0.5, 0.6) is 0 Å². The molecule has 2 amide bonds. The van der Waals surface area contributed by atoms with E-state index in [1.54, 1.807) is 48.5 Å². The molecule has 2 aromatic rings. The number of primary amides is 1. The van der Waals surface area contributed by atoms with E-state index >= 15 is 0 Å². The van der Waals surface area contributed by atoms with Crippen LogP contribution in [0, 0.1) is 11.3 Å². The highest BCUT2D eigenvalue weighted by molar-refractivity contribution is 8.05. The molecule has 1 saturated heterocycles. The van der Waals surface area contributed by atoms with Gasteiger partial charge in [0.25, 0.3) is 5.91 Å². The van der Waals surface area contributed by atoms with E-state index < -0.39 is 11.2 Å². The first-order valence-electron chi connectivity index (χ1n) is 7.96. The van der Waals surface area contributed by atoms with E-state index in [4.69, 9.17) is 40.5 Å². The number of rotatable bonds is 4. The van der Waals surface area contributed by atoms with Crippen molar-refractivity contribution in [2.75, 3.05) is 4.90 Å². The molecule has 3 rings (SSSR count). The minimum Gasteiger partial charge on any atom is -0.365 e. The van der Waals surface area contributed by atoms with Crippen LogP contribution in [-0.4, -0.2) is 17.1 Å². The topological polar surface area (TPSA) is 87.2 Å². The Hall–Kier alpha value is -2.17. The number of amides is 2. The molecular formula is C19H12Cl3N3O2S. The summed E-state index contributed by atoms with van der Waals surface area (Å²) in [5.41, 5.74) is 6.28. The van der Waals surface area contributed by atoms with Crippen molar-refractivity contribution in [2.24, 2.45) is 5.73 Å². The van der Waals surface area contributed by atoms with E-state index in [9.17, 15) is 14.9 Å². The largest absolute Gasteiger partial charge is 0.365 e. The summed E-state index contributed by atoms with van der Waals surface area (Å²) >= 11 is 19.2. The highest BCUT2D eigenvalue weighted by Gasteiger charge is 2.40. The highest BCUT2D eigenvalue weighted by Crippen LogP contribution is 2.42. The number of carbonyl (C=O) groups is 2. The predicted molar refractivity (Wildman–Crippen MR) is 112 cm³/mol. The zero-order valence-electron chi connectivity index (χ0n) is 14.2. The van der Waals surface area contributed by atoms with Crippen LogP contribution in [0.3, 0.4) is 0 Å². The standard InChI is InChI=1S/C19H12Cl3N3O2S/c20-11-3-5-13(6-4-11)25-18(27)16(28-19(25)14(9-23)17(24)26)7-10-1-2-12(21)8-15(10)22/h1-6,8,16H,7H2,(H2,24,26)/b19-14+/t16-/m0/s1. The number of halogens is 3. The minimum atomic E-state index is -0.901. The number of thioether (sulfide) groups is 1. The van der Waals surface area contributed by atoms with E-state index in [2.05, 4.69) is 0 Å². The lowest BCUT2D eigenvalue weighted by molar-refractivity contribution is -0.117. The normalized spacial score (nSPS) is 18.1. The quantitative estimate of drug-likeness (QED) is 0.544. The molecule has 0 aromatic heterocycles. The van der Waals surface area contributed by atoms with Crippen LogP contribution in [0.25, 0.3) is 0 Å². The van der Waals surface area contributed by atoms with Gasteiger partial charge in [-0.05, 0) is 48.4 Å². The second kappa shape index (κ2) is 8.46. The summed E-state index contributed by atoms with van der Waals surface area (Å²) in [5.74, 6) is -1.19. The predicted octanol–water partition coefficient (Wildman–Crippen LogP) is 4.56. The lowest BCUT2D eigenvalue weighted by atomic mass is 10.1. The fraction of sp³-hybridized carbons (Fsp3) is 0.105. The van der Waals surface area contributed by atoms with E-state index in [1.807, 2.05) is 0 Å². The lowest BCUT2D eigenvalue weighted by Crippen LogP contribution is -2.31. The second-order valence-corrected chi connectivity index (χ2v) is 8.32. The Labute approximate surface area is 180 Å². The van der Waals surface area contributed by atoms with Crippen LogP contribution in [0.15, 0.2) is 53.1 Å². The molecule has 2 N–H and O–H groups in total. The Morgan fingerprint density at radius 1 is 1.14 bits per heavy atom. The molecule has 1 aliphatic heterocycles. The molecule has 0 saturated carbocycles. The molecule has 1 aliphatic rings. The van der Waals surface area contributed by atoms with Gasteiger partial charge in [-0.3, -0.25) is 14.5 Å². The van der Waals surface area contributed by atoms with Gasteiger partial charge in [0.15, 0.2) is 0 Å². The summed E-state index contributed by atoms with van der Waals surface area (Å²) in [4.78, 5) is 26.2. The number of hydrogen-bond donors (Lipinski definition) is 1. The molecule has 9 heteroatoms. The average Bonchev–Trinajstić information content (AvgIpc) is 2.95. The number of nitriles is 1. The van der Waals surface area contributed by atoms with Gasteiger partial charge in [0.1, 0.15) is 16.7 Å². The maximum Gasteiger partial charge on any atom is 0.262 e. The van der Waals surface area contributed by atoms with E-state index in [-0.39, 0.29) is 16.5 Å². The van der Waals surface area contributed by atoms with Crippen molar-refractivity contribution in [3.05, 3.63) is 73.7 Å². The molecule has 1 fully saturated rings. The fourth-order valence-electron chi connectivity index (χ4n) is 2.71. The van der Waals surface area contributed by atoms with Crippen LogP contribution >= 0.6 is 46.6 Å². The summed E-state index contributed by atoms with van der Waals surface area (Å²) in [5, 5.41) is 10.4. The number of hydrogen-bond acceptors (Lipinski definition) is 4. The first-order chi connectivity index (χ1) is 13.3. The summed E-state index contributed by atoms with van der Waals surface area (Å²) in [6.45, 7) is 0. The van der Waals surface area contributed by atoms with Gasteiger partial charge in [0.05, 0.1) is 5.25 Å². The molecule has 0 aliphatic carbocycles. The minimum absolute atomic E-state index is 0.192. The van der Waals surface area contributed by atoms with E-state index in [0.717, 1.165) is 17.3 Å². The molecule has 1 atom stereocenters. The molecule has 0 radical (unpaired) electrons. The summed E-state index contributed by atoms with van der Waals surface area (Å²) in [6, 6.07) is 13.3. The summed E-state index contributed by atoms with van der Waals surface area (Å²) < 4.78 is 0. The fourth-order valence-corrected chi connectivity index (χ4v) is 4.63. The van der Waals surface area contributed by atoms with Crippen LogP contribution in [0.4, 0.5) is 5.69 Å². The Kier molecular flexibility index (Phi) is 6.21. The van der Waals surface area contributed by atoms with Crippen LogP contribution in [0.1, 0.15) is 5.56 Å². The molecule has 0 spiro atoms. The third-order valence-electron chi connectivity index (χ3n) is 4.03. The lowest BCUT2D eigenvalue weighted by Gasteiger charge is -2.18. The van der Waals surface area contributed by atoms with Gasteiger partial charge >= 0.3 is 0 Å². The van der Waals surface area contributed by atoms with Crippen molar-refractivity contribution in [3.8, 4) is 6.07 Å². The highest BCUT2D eigenvalue weighted by atomic mass is 35.5. The number of benzene rings is 2. The number of nitrogens with two attached hydrogens (primary N) is 1. The van der Waals surface area contributed by atoms with Gasteiger partial charge < -0.3 is 5.73 Å². The summed E-state index contributed by atoms with van der Waals surface area (Å²) in [7, 11) is 0. The second-order valence-electron chi connectivity index (χ2n) is 5.85. The number of carbonyl (C=O) groups excluding carboxylic acids is 2. The first kappa shape index (κ1) is 20.6. The van der Waals surface area contributed by atoms with Crippen molar-refractivity contribution in [2.45, 2.75) is 11.7 Å². The number of nitrogens with zero attached hydrogens (tertiary/aromatic N) is 2.